The van der Waals surface area contributed by atoms with E-state index in [1.54, 1.807) is 35.6 Å². The van der Waals surface area contributed by atoms with E-state index < -0.39 is 17.8 Å². The monoisotopic (exact) mass is 607 g/mol. The summed E-state index contributed by atoms with van der Waals surface area (Å²) in [4.78, 5) is 31.5. The molecule has 9 nitrogen and oxygen atoms in total. The lowest BCUT2D eigenvalue weighted by Crippen LogP contribution is -2.46. The van der Waals surface area contributed by atoms with Crippen molar-refractivity contribution in [1.82, 2.24) is 29.7 Å². The van der Waals surface area contributed by atoms with E-state index in [0.29, 0.717) is 17.1 Å². The molecule has 1 aromatic carbocycles. The van der Waals surface area contributed by atoms with Crippen LogP contribution in [0.4, 0.5) is 23.7 Å². The highest BCUT2D eigenvalue weighted by Gasteiger charge is 2.36. The van der Waals surface area contributed by atoms with Gasteiger partial charge in [0.05, 0.1) is 22.8 Å². The van der Waals surface area contributed by atoms with Crippen molar-refractivity contribution >= 4 is 22.8 Å². The second-order valence-electron chi connectivity index (χ2n) is 11.5. The first kappa shape index (κ1) is 29.9. The number of hydrogen-bond donors (Lipinski definition) is 2. The van der Waals surface area contributed by atoms with Gasteiger partial charge in [-0.3, -0.25) is 9.88 Å². The quantitative estimate of drug-likeness (QED) is 0.262. The Bertz CT molecular complexity index is 1650. The van der Waals surface area contributed by atoms with Crippen LogP contribution in [0.3, 0.4) is 0 Å². The third-order valence-electron chi connectivity index (χ3n) is 8.85. The molecule has 2 N–H and O–H groups in total. The number of urea groups is 1. The Kier molecular flexibility index (Phi) is 8.21. The maximum Gasteiger partial charge on any atom is 0.416 e. The molecule has 1 saturated heterocycles. The zero-order valence-corrected chi connectivity index (χ0v) is 25.0. The molecule has 2 aliphatic rings. The minimum atomic E-state index is -4.55. The van der Waals surface area contributed by atoms with Crippen molar-refractivity contribution in [3.8, 4) is 11.5 Å². The van der Waals surface area contributed by atoms with Crippen molar-refractivity contribution < 1.29 is 22.7 Å². The number of benzene rings is 1. The van der Waals surface area contributed by atoms with Crippen LogP contribution < -0.4 is 10.1 Å². The van der Waals surface area contributed by atoms with Gasteiger partial charge in [0.15, 0.2) is 0 Å². The zero-order chi connectivity index (χ0) is 31.0. The molecule has 3 aromatic heterocycles. The van der Waals surface area contributed by atoms with Gasteiger partial charge >= 0.3 is 12.2 Å². The molecule has 12 heteroatoms. The van der Waals surface area contributed by atoms with Crippen molar-refractivity contribution in [3.63, 3.8) is 0 Å². The summed E-state index contributed by atoms with van der Waals surface area (Å²) in [6.45, 7) is 10.5. The van der Waals surface area contributed by atoms with Crippen LogP contribution in [0.15, 0.2) is 55.0 Å². The number of aromatic amines is 1. The van der Waals surface area contributed by atoms with Gasteiger partial charge < -0.3 is 24.8 Å². The third-order valence-corrected chi connectivity index (χ3v) is 8.85. The largest absolute Gasteiger partial charge is 0.455 e. The number of halogens is 3. The lowest BCUT2D eigenvalue weighted by Gasteiger charge is -2.38. The number of carbonyl (C=O) groups is 1. The normalized spacial score (nSPS) is 19.6. The Morgan fingerprint density at radius 3 is 2.59 bits per heavy atom. The molecular weight excluding hydrogens is 571 g/mol. The van der Waals surface area contributed by atoms with E-state index in [-0.39, 0.29) is 36.3 Å². The molecule has 2 aliphatic heterocycles. The molecule has 232 valence electrons. The molecule has 0 radical (unpaired) electrons. The van der Waals surface area contributed by atoms with Gasteiger partial charge in [-0.25, -0.2) is 9.78 Å². The fourth-order valence-electron chi connectivity index (χ4n) is 6.08. The molecule has 4 aromatic rings. The number of amides is 2. The van der Waals surface area contributed by atoms with Crippen LogP contribution in [0, 0.1) is 0 Å². The minimum absolute atomic E-state index is 0.0999. The number of hydrogen-bond acceptors (Lipinski definition) is 6. The molecular formula is C32H36F3N7O2. The van der Waals surface area contributed by atoms with Crippen LogP contribution in [0.2, 0.25) is 0 Å². The summed E-state index contributed by atoms with van der Waals surface area (Å²) < 4.78 is 48.6. The smallest absolute Gasteiger partial charge is 0.416 e. The molecule has 2 atom stereocenters. The van der Waals surface area contributed by atoms with Crippen LogP contribution in [0.1, 0.15) is 49.1 Å². The SMILES string of the molecule is CCN1CCN(Cc2ccc(NC(=O)N3Cc4cc(Oc5ccnc6[nH]ccc56)cnc4C(C)C3C)cc2C(F)(F)F)CC1. The number of ether oxygens (including phenoxy) is 1. The van der Waals surface area contributed by atoms with Gasteiger partial charge in [-0.05, 0) is 54.9 Å². The number of piperazine rings is 1. The highest BCUT2D eigenvalue weighted by molar-refractivity contribution is 5.90. The van der Waals surface area contributed by atoms with E-state index in [1.807, 2.05) is 30.9 Å². The second kappa shape index (κ2) is 12.1. The Morgan fingerprint density at radius 2 is 1.84 bits per heavy atom. The highest BCUT2D eigenvalue weighted by atomic mass is 19.4. The van der Waals surface area contributed by atoms with Crippen LogP contribution in [0.25, 0.3) is 11.0 Å². The summed E-state index contributed by atoms with van der Waals surface area (Å²) in [5.74, 6) is 1.04. The summed E-state index contributed by atoms with van der Waals surface area (Å²) >= 11 is 0. The van der Waals surface area contributed by atoms with Gasteiger partial charge in [-0.15, -0.1) is 0 Å². The van der Waals surface area contributed by atoms with Crippen molar-refractivity contribution in [2.75, 3.05) is 38.0 Å². The number of rotatable bonds is 6. The van der Waals surface area contributed by atoms with Crippen LogP contribution in [0.5, 0.6) is 11.5 Å². The number of aromatic nitrogens is 3. The Balaban J connectivity index is 1.18. The molecule has 44 heavy (non-hydrogen) atoms. The molecule has 5 heterocycles. The fourth-order valence-corrected chi connectivity index (χ4v) is 6.08. The molecule has 6 rings (SSSR count). The first-order valence-electron chi connectivity index (χ1n) is 14.9. The van der Waals surface area contributed by atoms with Crippen LogP contribution >= 0.6 is 0 Å². The molecule has 2 amide bonds. The molecule has 2 unspecified atom stereocenters. The summed E-state index contributed by atoms with van der Waals surface area (Å²) in [6.07, 6.45) is 0.561. The molecule has 1 fully saturated rings. The predicted octanol–water partition coefficient (Wildman–Crippen LogP) is 6.45. The van der Waals surface area contributed by atoms with Crippen molar-refractivity contribution in [2.45, 2.75) is 52.0 Å². The molecule has 0 bridgehead atoms. The van der Waals surface area contributed by atoms with Crippen LogP contribution in [-0.2, 0) is 19.3 Å². The number of anilines is 1. The average Bonchev–Trinajstić information content (AvgIpc) is 3.50. The minimum Gasteiger partial charge on any atom is -0.455 e. The van der Waals surface area contributed by atoms with Gasteiger partial charge in [-0.2, -0.15) is 13.2 Å². The van der Waals surface area contributed by atoms with Gasteiger partial charge in [-0.1, -0.05) is 19.9 Å². The summed E-state index contributed by atoms with van der Waals surface area (Å²) in [5.41, 5.74) is 1.97. The Hall–Kier alpha value is -4.16. The number of likely N-dealkylation sites (N-methyl/N-ethyl adjacent to an activating group) is 1. The lowest BCUT2D eigenvalue weighted by molar-refractivity contribution is -0.138. The van der Waals surface area contributed by atoms with Crippen molar-refractivity contribution in [1.29, 1.82) is 0 Å². The van der Waals surface area contributed by atoms with Gasteiger partial charge in [0.1, 0.15) is 17.1 Å². The highest BCUT2D eigenvalue weighted by Crippen LogP contribution is 2.37. The number of fused-ring (bicyclic) bond motifs is 2. The Morgan fingerprint density at radius 1 is 1.07 bits per heavy atom. The summed E-state index contributed by atoms with van der Waals surface area (Å²) in [6, 6.07) is 8.89. The molecule has 0 saturated carbocycles. The van der Waals surface area contributed by atoms with E-state index in [2.05, 4.69) is 32.1 Å². The first-order chi connectivity index (χ1) is 21.1. The molecule has 0 spiro atoms. The number of carbonyl (C=O) groups excluding carboxylic acids is 1. The zero-order valence-electron chi connectivity index (χ0n) is 25.0. The number of nitrogens with zero attached hydrogens (tertiary/aromatic N) is 5. The summed E-state index contributed by atoms with van der Waals surface area (Å²) in [5, 5.41) is 3.56. The number of nitrogens with one attached hydrogen (secondary N) is 2. The second-order valence-corrected chi connectivity index (χ2v) is 11.5. The topological polar surface area (TPSA) is 89.6 Å². The Labute approximate surface area is 254 Å². The maximum atomic E-state index is 14.2. The van der Waals surface area contributed by atoms with E-state index in [0.717, 1.165) is 55.4 Å². The first-order valence-corrected chi connectivity index (χ1v) is 14.9. The molecule has 0 aliphatic carbocycles. The van der Waals surface area contributed by atoms with Crippen LogP contribution in [-0.4, -0.2) is 74.4 Å². The predicted molar refractivity (Wildman–Crippen MR) is 162 cm³/mol. The maximum absolute atomic E-state index is 14.2. The van der Waals surface area contributed by atoms with Gasteiger partial charge in [0.2, 0.25) is 0 Å². The van der Waals surface area contributed by atoms with Gasteiger partial charge in [0.25, 0.3) is 0 Å². The standard InChI is InChI=1S/C32H36F3N7O2/c1-4-40-11-13-41(14-12-40)18-22-5-6-24(16-27(22)32(33,34)35)39-31(43)42-19-23-15-25(17-38-29(23)20(2)21(42)3)44-28-8-10-37-30-26(28)7-9-36-30/h5-10,15-17,20-21H,4,11-14,18-19H2,1-3H3,(H,36,37)(H,39,43). The van der Waals surface area contributed by atoms with Crippen molar-refractivity contribution in [3.05, 3.63) is 77.4 Å². The van der Waals surface area contributed by atoms with E-state index in [1.165, 1.54) is 6.07 Å². The number of alkyl halides is 3. The summed E-state index contributed by atoms with van der Waals surface area (Å²) in [7, 11) is 0. The van der Waals surface area contributed by atoms with Crippen molar-refractivity contribution in [2.24, 2.45) is 0 Å². The number of pyridine rings is 2. The lowest BCUT2D eigenvalue weighted by atomic mass is 9.89. The van der Waals surface area contributed by atoms with Gasteiger partial charge in [0, 0.05) is 69.3 Å². The fraction of sp³-hybridized carbons (Fsp3) is 0.406. The van der Waals surface area contributed by atoms with E-state index >= 15 is 0 Å². The number of H-pyrrole nitrogens is 1. The van der Waals surface area contributed by atoms with E-state index in [4.69, 9.17) is 4.74 Å². The average molecular weight is 608 g/mol. The van der Waals surface area contributed by atoms with E-state index in [9.17, 15) is 18.0 Å². The third kappa shape index (κ3) is 6.09.